The predicted octanol–water partition coefficient (Wildman–Crippen LogP) is 3.42. The van der Waals surface area contributed by atoms with E-state index in [-0.39, 0.29) is 30.3 Å². The molecule has 0 atom stereocenters. The molecule has 0 radical (unpaired) electrons. The zero-order valence-electron chi connectivity index (χ0n) is 20.4. The molecule has 188 valence electrons. The van der Waals surface area contributed by atoms with Gasteiger partial charge in [0.2, 0.25) is 11.8 Å². The molecule has 0 fully saturated rings. The number of amides is 2. The van der Waals surface area contributed by atoms with Crippen molar-refractivity contribution in [3.05, 3.63) is 70.0 Å². The normalized spacial score (nSPS) is 11.1. The molecule has 2 amide bonds. The van der Waals surface area contributed by atoms with Crippen molar-refractivity contribution < 1.29 is 14.5 Å². The summed E-state index contributed by atoms with van der Waals surface area (Å²) in [7, 11) is 4.00. The van der Waals surface area contributed by atoms with Crippen LogP contribution in [0, 0.1) is 10.1 Å². The Balaban J connectivity index is 1.18. The highest BCUT2D eigenvalue weighted by Gasteiger charge is 2.12. The molecule has 0 spiro atoms. The van der Waals surface area contributed by atoms with Gasteiger partial charge in [0.15, 0.2) is 0 Å². The van der Waals surface area contributed by atoms with E-state index in [2.05, 4.69) is 37.6 Å². The summed E-state index contributed by atoms with van der Waals surface area (Å²) in [6.45, 7) is 0.873. The summed E-state index contributed by atoms with van der Waals surface area (Å²) in [4.78, 5) is 43.4. The Morgan fingerprint density at radius 2 is 1.39 bits per heavy atom. The number of aromatic amines is 2. The number of hydrogen-bond acceptors (Lipinski definition) is 5. The Hall–Kier alpha value is -4.34. The monoisotopic (exact) mass is 490 g/mol. The van der Waals surface area contributed by atoms with Crippen molar-refractivity contribution in [2.75, 3.05) is 32.1 Å². The summed E-state index contributed by atoms with van der Waals surface area (Å²) < 4.78 is 0. The maximum atomic E-state index is 12.2. The van der Waals surface area contributed by atoms with Crippen LogP contribution in [-0.4, -0.2) is 53.9 Å². The first-order chi connectivity index (χ1) is 17.3. The number of nitrogens with zero attached hydrogens (tertiary/aromatic N) is 2. The maximum Gasteiger partial charge on any atom is 0.270 e. The molecule has 0 saturated heterocycles. The van der Waals surface area contributed by atoms with Crippen molar-refractivity contribution in [2.45, 2.75) is 25.7 Å². The van der Waals surface area contributed by atoms with Gasteiger partial charge in [-0.25, -0.2) is 0 Å². The number of anilines is 1. The highest BCUT2D eigenvalue weighted by molar-refractivity contribution is 5.87. The number of fused-ring (bicyclic) bond motifs is 2. The van der Waals surface area contributed by atoms with Crippen LogP contribution in [0.4, 0.5) is 11.4 Å². The summed E-state index contributed by atoms with van der Waals surface area (Å²) in [6, 6.07) is 10.9. The molecule has 2 heterocycles. The average Bonchev–Trinajstić information content (AvgIpc) is 3.46. The van der Waals surface area contributed by atoms with Crippen LogP contribution in [0.15, 0.2) is 48.8 Å². The Bertz CT molecular complexity index is 1400. The first-order valence-electron chi connectivity index (χ1n) is 11.9. The molecule has 4 rings (SSSR count). The van der Waals surface area contributed by atoms with E-state index in [0.717, 1.165) is 38.6 Å². The number of nitro groups is 1. The van der Waals surface area contributed by atoms with E-state index < -0.39 is 4.92 Å². The zero-order chi connectivity index (χ0) is 25.7. The van der Waals surface area contributed by atoms with Gasteiger partial charge in [-0.1, -0.05) is 0 Å². The van der Waals surface area contributed by atoms with E-state index in [1.807, 2.05) is 26.4 Å². The fourth-order valence-electron chi connectivity index (χ4n) is 4.22. The van der Waals surface area contributed by atoms with E-state index in [9.17, 15) is 19.7 Å². The highest BCUT2D eigenvalue weighted by Crippen LogP contribution is 2.25. The molecular formula is C26H30N6O4. The van der Waals surface area contributed by atoms with Crippen LogP contribution in [0.2, 0.25) is 0 Å². The average molecular weight is 491 g/mol. The Morgan fingerprint density at radius 1 is 0.861 bits per heavy atom. The SMILES string of the molecule is CN(C)c1ccc2[nH]cc(CCNC(=O)CCC(=O)NCCc3c[nH]c4ccc([N+](=O)[O-])cc34)c2c1. The van der Waals surface area contributed by atoms with Crippen LogP contribution in [-0.2, 0) is 22.4 Å². The van der Waals surface area contributed by atoms with Crippen LogP contribution in [0.25, 0.3) is 21.8 Å². The first kappa shape index (κ1) is 24.8. The van der Waals surface area contributed by atoms with Gasteiger partial charge in [-0.15, -0.1) is 0 Å². The van der Waals surface area contributed by atoms with Crippen molar-refractivity contribution in [1.29, 1.82) is 0 Å². The molecule has 4 N–H and O–H groups in total. The summed E-state index contributed by atoms with van der Waals surface area (Å²) >= 11 is 0. The molecule has 10 nitrogen and oxygen atoms in total. The third-order valence-electron chi connectivity index (χ3n) is 6.24. The number of hydrogen-bond donors (Lipinski definition) is 4. The summed E-state index contributed by atoms with van der Waals surface area (Å²) in [6.07, 6.45) is 5.20. The van der Waals surface area contributed by atoms with Gasteiger partial charge in [-0.05, 0) is 48.2 Å². The number of H-pyrrole nitrogens is 2. The van der Waals surface area contributed by atoms with Gasteiger partial charge in [0.1, 0.15) is 0 Å². The van der Waals surface area contributed by atoms with Gasteiger partial charge in [-0.2, -0.15) is 0 Å². The molecule has 0 aliphatic carbocycles. The van der Waals surface area contributed by atoms with E-state index in [1.54, 1.807) is 12.3 Å². The molecule has 36 heavy (non-hydrogen) atoms. The van der Waals surface area contributed by atoms with Gasteiger partial charge in [0.25, 0.3) is 5.69 Å². The number of carbonyl (C=O) groups is 2. The molecule has 2 aromatic carbocycles. The Kier molecular flexibility index (Phi) is 7.53. The van der Waals surface area contributed by atoms with Gasteiger partial charge >= 0.3 is 0 Å². The topological polar surface area (TPSA) is 136 Å². The quantitative estimate of drug-likeness (QED) is 0.189. The Morgan fingerprint density at radius 3 is 1.92 bits per heavy atom. The minimum Gasteiger partial charge on any atom is -0.378 e. The van der Waals surface area contributed by atoms with E-state index >= 15 is 0 Å². The van der Waals surface area contributed by atoms with Crippen LogP contribution < -0.4 is 15.5 Å². The minimum atomic E-state index is -0.426. The van der Waals surface area contributed by atoms with Crippen molar-refractivity contribution in [3.63, 3.8) is 0 Å². The predicted molar refractivity (Wildman–Crippen MR) is 140 cm³/mol. The molecule has 0 bridgehead atoms. The second-order valence-electron chi connectivity index (χ2n) is 8.94. The molecule has 10 heteroatoms. The van der Waals surface area contributed by atoms with Gasteiger partial charge in [-0.3, -0.25) is 19.7 Å². The molecule has 4 aromatic rings. The molecule has 0 unspecified atom stereocenters. The number of carbonyl (C=O) groups excluding carboxylic acids is 2. The van der Waals surface area contributed by atoms with Gasteiger partial charge < -0.3 is 25.5 Å². The van der Waals surface area contributed by atoms with Crippen molar-refractivity contribution >= 4 is 45.0 Å². The largest absolute Gasteiger partial charge is 0.378 e. The lowest BCUT2D eigenvalue weighted by Crippen LogP contribution is -2.29. The number of non-ortho nitro benzene ring substituents is 1. The van der Waals surface area contributed by atoms with Gasteiger partial charge in [0.05, 0.1) is 4.92 Å². The number of aromatic nitrogens is 2. The second kappa shape index (κ2) is 10.9. The van der Waals surface area contributed by atoms with E-state index in [0.29, 0.717) is 25.9 Å². The molecule has 2 aromatic heterocycles. The summed E-state index contributed by atoms with van der Waals surface area (Å²) in [5.74, 6) is -0.369. The lowest BCUT2D eigenvalue weighted by molar-refractivity contribution is -0.384. The maximum absolute atomic E-state index is 12.2. The number of nitro benzene ring substituents is 1. The number of benzene rings is 2. The smallest absolute Gasteiger partial charge is 0.270 e. The molecule has 0 aliphatic rings. The molecule has 0 aliphatic heterocycles. The number of nitrogens with one attached hydrogen (secondary N) is 4. The van der Waals surface area contributed by atoms with Crippen LogP contribution in [0.5, 0.6) is 0 Å². The number of rotatable bonds is 11. The summed E-state index contributed by atoms with van der Waals surface area (Å²) in [5.41, 5.74) is 5.04. The highest BCUT2D eigenvalue weighted by atomic mass is 16.6. The fraction of sp³-hybridized carbons (Fsp3) is 0.308. The lowest BCUT2D eigenvalue weighted by Gasteiger charge is -2.12. The van der Waals surface area contributed by atoms with Crippen LogP contribution in [0.1, 0.15) is 24.0 Å². The van der Waals surface area contributed by atoms with Crippen molar-refractivity contribution in [1.82, 2.24) is 20.6 Å². The van der Waals surface area contributed by atoms with Crippen LogP contribution in [0.3, 0.4) is 0 Å². The second-order valence-corrected chi connectivity index (χ2v) is 8.94. The van der Waals surface area contributed by atoms with Gasteiger partial charge in [0, 0.05) is 92.0 Å². The fourth-order valence-corrected chi connectivity index (χ4v) is 4.22. The molecule has 0 saturated carbocycles. The van der Waals surface area contributed by atoms with Crippen molar-refractivity contribution in [2.24, 2.45) is 0 Å². The summed E-state index contributed by atoms with van der Waals surface area (Å²) in [5, 5.41) is 18.6. The Labute approximate surface area is 208 Å². The third kappa shape index (κ3) is 5.83. The van der Waals surface area contributed by atoms with E-state index in [1.165, 1.54) is 12.1 Å². The molecular weight excluding hydrogens is 460 g/mol. The standard InChI is InChI=1S/C26H30N6O4/c1-31(2)19-3-5-23-21(13-19)17(15-29-23)9-11-27-25(33)7-8-26(34)28-12-10-18-16-30-24-6-4-20(32(35)36)14-22(18)24/h3-6,13-16,29-30H,7-12H2,1-2H3,(H,27,33)(H,28,34). The van der Waals surface area contributed by atoms with E-state index in [4.69, 9.17) is 0 Å². The zero-order valence-corrected chi connectivity index (χ0v) is 20.4. The minimum absolute atomic E-state index is 0.0291. The van der Waals surface area contributed by atoms with Crippen LogP contribution >= 0.6 is 0 Å². The van der Waals surface area contributed by atoms with Crippen molar-refractivity contribution in [3.8, 4) is 0 Å². The third-order valence-corrected chi connectivity index (χ3v) is 6.24. The first-order valence-corrected chi connectivity index (χ1v) is 11.9. The lowest BCUT2D eigenvalue weighted by atomic mass is 10.1.